The first-order valence-electron chi connectivity index (χ1n) is 4.76. The molecule has 0 aromatic heterocycles. The van der Waals surface area contributed by atoms with Crippen LogP contribution in [0.1, 0.15) is 27.2 Å². The number of aliphatic hydroxyl groups excluding tert-OH is 1. The maximum atomic E-state index is 8.54. The van der Waals surface area contributed by atoms with Crippen LogP contribution in [0, 0.1) is 5.41 Å². The minimum Gasteiger partial charge on any atom is -0.401 e. The summed E-state index contributed by atoms with van der Waals surface area (Å²) in [4.78, 5) is 4.05. The van der Waals surface area contributed by atoms with Crippen LogP contribution in [0.15, 0.2) is 16.8 Å². The molecule has 5 N–H and O–H groups in total. The molecule has 0 spiro atoms. The summed E-state index contributed by atoms with van der Waals surface area (Å²) in [5, 5.41) is 8.54. The van der Waals surface area contributed by atoms with Crippen molar-refractivity contribution in [1.82, 2.24) is 0 Å². The van der Waals surface area contributed by atoms with E-state index < -0.39 is 0 Å². The van der Waals surface area contributed by atoms with E-state index in [1.54, 1.807) is 6.08 Å². The first kappa shape index (κ1) is 13.0. The Morgan fingerprint density at radius 2 is 1.93 bits per heavy atom. The van der Waals surface area contributed by atoms with Crippen LogP contribution in [0.5, 0.6) is 0 Å². The van der Waals surface area contributed by atoms with Gasteiger partial charge in [0.1, 0.15) is 5.84 Å². The van der Waals surface area contributed by atoms with Gasteiger partial charge in [0, 0.05) is 24.3 Å². The monoisotopic (exact) mass is 199 g/mol. The number of aliphatic imine (C=N–C) groups is 1. The second-order valence-electron chi connectivity index (χ2n) is 4.23. The standard InChI is InChI=1S/C10H21N3O/c1-10(2,3)8(11)7-9(12)13-5-4-6-14/h7,14H,4-6,11H2,1-3H3,(H2,12,13)/b8-7-. The van der Waals surface area contributed by atoms with Crippen LogP contribution in [0.2, 0.25) is 0 Å². The number of nitrogens with zero attached hydrogens (tertiary/aromatic N) is 1. The van der Waals surface area contributed by atoms with Gasteiger partial charge in [-0.1, -0.05) is 20.8 Å². The smallest absolute Gasteiger partial charge is 0.119 e. The Labute approximate surface area is 85.7 Å². The highest BCUT2D eigenvalue weighted by Crippen LogP contribution is 2.19. The van der Waals surface area contributed by atoms with Gasteiger partial charge in [-0.05, 0) is 12.5 Å². The fourth-order valence-corrected chi connectivity index (χ4v) is 0.700. The lowest BCUT2D eigenvalue weighted by atomic mass is 9.92. The van der Waals surface area contributed by atoms with E-state index >= 15 is 0 Å². The van der Waals surface area contributed by atoms with E-state index in [0.717, 1.165) is 0 Å². The van der Waals surface area contributed by atoms with Crippen molar-refractivity contribution in [2.75, 3.05) is 13.2 Å². The van der Waals surface area contributed by atoms with Crippen LogP contribution in [-0.4, -0.2) is 24.1 Å². The highest BCUT2D eigenvalue weighted by molar-refractivity contribution is 5.92. The summed E-state index contributed by atoms with van der Waals surface area (Å²) >= 11 is 0. The van der Waals surface area contributed by atoms with Gasteiger partial charge in [-0.2, -0.15) is 0 Å². The Hall–Kier alpha value is -1.03. The van der Waals surface area contributed by atoms with E-state index in [2.05, 4.69) is 4.99 Å². The van der Waals surface area contributed by atoms with Crippen molar-refractivity contribution in [3.8, 4) is 0 Å². The van der Waals surface area contributed by atoms with Gasteiger partial charge in [0.2, 0.25) is 0 Å². The molecule has 14 heavy (non-hydrogen) atoms. The minimum atomic E-state index is -0.0862. The van der Waals surface area contributed by atoms with Gasteiger partial charge in [0.05, 0.1) is 0 Å². The Morgan fingerprint density at radius 1 is 1.36 bits per heavy atom. The molecule has 0 atom stereocenters. The molecule has 0 radical (unpaired) electrons. The van der Waals surface area contributed by atoms with Gasteiger partial charge in [-0.3, -0.25) is 4.99 Å². The zero-order chi connectivity index (χ0) is 11.2. The molecule has 0 aliphatic carbocycles. The molecule has 0 aliphatic rings. The third-order valence-electron chi connectivity index (χ3n) is 1.78. The van der Waals surface area contributed by atoms with E-state index in [1.807, 2.05) is 20.8 Å². The lowest BCUT2D eigenvalue weighted by molar-refractivity contribution is 0.291. The van der Waals surface area contributed by atoms with Gasteiger partial charge in [0.15, 0.2) is 0 Å². The molecular weight excluding hydrogens is 178 g/mol. The molecule has 0 rings (SSSR count). The number of nitrogens with two attached hydrogens (primary N) is 2. The molecule has 0 amide bonds. The number of hydrogen-bond acceptors (Lipinski definition) is 3. The second-order valence-corrected chi connectivity index (χ2v) is 4.23. The molecule has 0 saturated heterocycles. The lowest BCUT2D eigenvalue weighted by Gasteiger charge is -2.18. The van der Waals surface area contributed by atoms with Crippen molar-refractivity contribution in [3.63, 3.8) is 0 Å². The molecule has 4 nitrogen and oxygen atoms in total. The van der Waals surface area contributed by atoms with Gasteiger partial charge in [0.25, 0.3) is 0 Å². The summed E-state index contributed by atoms with van der Waals surface area (Å²) in [5.41, 5.74) is 12.1. The Bertz CT molecular complexity index is 226. The van der Waals surface area contributed by atoms with Crippen LogP contribution in [0.4, 0.5) is 0 Å². The molecule has 0 aliphatic heterocycles. The SMILES string of the molecule is CC(C)(C)/C(N)=C/C(N)=NCCCO. The Kier molecular flexibility index (Phi) is 5.23. The van der Waals surface area contributed by atoms with E-state index in [9.17, 15) is 0 Å². The average molecular weight is 199 g/mol. The molecule has 82 valence electrons. The van der Waals surface area contributed by atoms with Crippen molar-refractivity contribution in [2.24, 2.45) is 21.9 Å². The first-order chi connectivity index (χ1) is 6.38. The molecule has 0 saturated carbocycles. The van der Waals surface area contributed by atoms with Crippen molar-refractivity contribution in [3.05, 3.63) is 11.8 Å². The number of aliphatic hydroxyl groups is 1. The van der Waals surface area contributed by atoms with Crippen molar-refractivity contribution < 1.29 is 5.11 Å². The molecule has 0 bridgehead atoms. The third-order valence-corrected chi connectivity index (χ3v) is 1.78. The third kappa shape index (κ3) is 5.59. The van der Waals surface area contributed by atoms with Crippen LogP contribution < -0.4 is 11.5 Å². The summed E-state index contributed by atoms with van der Waals surface area (Å²) < 4.78 is 0. The van der Waals surface area contributed by atoms with Gasteiger partial charge >= 0.3 is 0 Å². The summed E-state index contributed by atoms with van der Waals surface area (Å²) in [5.74, 6) is 0.422. The number of rotatable bonds is 4. The fraction of sp³-hybridized carbons (Fsp3) is 0.700. The first-order valence-corrected chi connectivity index (χ1v) is 4.76. The zero-order valence-electron chi connectivity index (χ0n) is 9.25. The van der Waals surface area contributed by atoms with E-state index in [1.165, 1.54) is 0 Å². The quantitative estimate of drug-likeness (QED) is 0.352. The Balaban J connectivity index is 4.28. The maximum Gasteiger partial charge on any atom is 0.119 e. The summed E-state index contributed by atoms with van der Waals surface area (Å²) in [6.45, 7) is 6.71. The number of hydrogen-bond donors (Lipinski definition) is 3. The van der Waals surface area contributed by atoms with Crippen LogP contribution in [-0.2, 0) is 0 Å². The Morgan fingerprint density at radius 3 is 2.36 bits per heavy atom. The van der Waals surface area contributed by atoms with E-state index in [-0.39, 0.29) is 12.0 Å². The number of amidine groups is 1. The number of allylic oxidation sites excluding steroid dienone is 1. The average Bonchev–Trinajstić information content (AvgIpc) is 2.03. The molecule has 0 fully saturated rings. The summed E-state index contributed by atoms with van der Waals surface area (Å²) in [7, 11) is 0. The molecule has 0 aromatic carbocycles. The van der Waals surface area contributed by atoms with Crippen LogP contribution in [0.3, 0.4) is 0 Å². The molecular formula is C10H21N3O. The lowest BCUT2D eigenvalue weighted by Crippen LogP contribution is -2.21. The van der Waals surface area contributed by atoms with Crippen molar-refractivity contribution in [2.45, 2.75) is 27.2 Å². The van der Waals surface area contributed by atoms with Crippen LogP contribution in [0.25, 0.3) is 0 Å². The predicted molar refractivity (Wildman–Crippen MR) is 59.9 cm³/mol. The van der Waals surface area contributed by atoms with E-state index in [0.29, 0.717) is 24.5 Å². The normalized spacial score (nSPS) is 14.6. The predicted octanol–water partition coefficient (Wildman–Crippen LogP) is 0.615. The highest BCUT2D eigenvalue weighted by atomic mass is 16.3. The van der Waals surface area contributed by atoms with Gasteiger partial charge in [-0.25, -0.2) is 0 Å². The fourth-order valence-electron chi connectivity index (χ4n) is 0.700. The molecule has 4 heteroatoms. The van der Waals surface area contributed by atoms with Crippen LogP contribution >= 0.6 is 0 Å². The summed E-state index contributed by atoms with van der Waals surface area (Å²) in [6.07, 6.45) is 2.31. The topological polar surface area (TPSA) is 84.6 Å². The van der Waals surface area contributed by atoms with E-state index in [4.69, 9.17) is 16.6 Å². The molecule has 0 aromatic rings. The van der Waals surface area contributed by atoms with Crippen molar-refractivity contribution >= 4 is 5.84 Å². The van der Waals surface area contributed by atoms with Gasteiger partial charge in [-0.15, -0.1) is 0 Å². The molecule has 0 unspecified atom stereocenters. The maximum absolute atomic E-state index is 8.54. The largest absolute Gasteiger partial charge is 0.401 e. The minimum absolute atomic E-state index is 0.0862. The zero-order valence-corrected chi connectivity index (χ0v) is 9.25. The van der Waals surface area contributed by atoms with Gasteiger partial charge < -0.3 is 16.6 Å². The summed E-state index contributed by atoms with van der Waals surface area (Å²) in [6, 6.07) is 0. The van der Waals surface area contributed by atoms with Crippen molar-refractivity contribution in [1.29, 1.82) is 0 Å². The second kappa shape index (κ2) is 5.65. The highest BCUT2D eigenvalue weighted by Gasteiger charge is 2.13. The molecule has 0 heterocycles.